The van der Waals surface area contributed by atoms with Crippen molar-refractivity contribution < 1.29 is 19.0 Å². The first-order chi connectivity index (χ1) is 22.5. The van der Waals surface area contributed by atoms with Gasteiger partial charge in [-0.3, -0.25) is 14.6 Å². The molecule has 1 unspecified atom stereocenters. The molecule has 260 valence electrons. The summed E-state index contributed by atoms with van der Waals surface area (Å²) < 4.78 is 18.1. The van der Waals surface area contributed by atoms with Gasteiger partial charge in [-0.1, -0.05) is 60.7 Å². The number of benzene rings is 2. The Bertz CT molecular complexity index is 1450. The lowest BCUT2D eigenvalue weighted by Gasteiger charge is -2.53. The van der Waals surface area contributed by atoms with E-state index in [4.69, 9.17) is 24.2 Å². The molecule has 9 nitrogen and oxygen atoms in total. The number of nitrogens with zero attached hydrogens (tertiary/aromatic N) is 5. The summed E-state index contributed by atoms with van der Waals surface area (Å²) in [5, 5.41) is 0. The number of amides is 1. The maximum absolute atomic E-state index is 13.5. The van der Waals surface area contributed by atoms with Crippen molar-refractivity contribution in [3.05, 3.63) is 83.2 Å². The Balaban J connectivity index is 0.00000225. The van der Waals surface area contributed by atoms with Gasteiger partial charge in [0, 0.05) is 69.8 Å². The van der Waals surface area contributed by atoms with E-state index >= 15 is 0 Å². The summed E-state index contributed by atoms with van der Waals surface area (Å²) in [4.78, 5) is 30.6. The molecule has 3 atom stereocenters. The van der Waals surface area contributed by atoms with Crippen LogP contribution in [0.1, 0.15) is 73.9 Å². The maximum atomic E-state index is 13.5. The number of fused-ring (bicyclic) bond motifs is 1. The highest BCUT2D eigenvalue weighted by molar-refractivity contribution is 5.85. The summed E-state index contributed by atoms with van der Waals surface area (Å²) in [6.45, 7) is 9.26. The predicted molar refractivity (Wildman–Crippen MR) is 191 cm³/mol. The van der Waals surface area contributed by atoms with Crippen LogP contribution in [-0.2, 0) is 16.1 Å². The number of hydrogen-bond donors (Lipinski definition) is 0. The Morgan fingerprint density at radius 3 is 2.15 bits per heavy atom. The van der Waals surface area contributed by atoms with E-state index in [1.165, 1.54) is 11.1 Å². The van der Waals surface area contributed by atoms with Gasteiger partial charge < -0.3 is 19.1 Å². The highest BCUT2D eigenvalue weighted by Crippen LogP contribution is 2.42. The molecule has 7 rings (SSSR count). The average molecular weight is 699 g/mol. The van der Waals surface area contributed by atoms with Crippen LogP contribution in [0.4, 0.5) is 0 Å². The Morgan fingerprint density at radius 2 is 1.56 bits per heavy atom. The lowest BCUT2D eigenvalue weighted by Crippen LogP contribution is -2.67. The van der Waals surface area contributed by atoms with Crippen LogP contribution in [0.15, 0.2) is 60.7 Å². The van der Waals surface area contributed by atoms with E-state index in [9.17, 15) is 4.79 Å². The second-order valence-corrected chi connectivity index (χ2v) is 13.6. The van der Waals surface area contributed by atoms with Crippen LogP contribution in [0, 0.1) is 0 Å². The topological polar surface area (TPSA) is 80.3 Å². The van der Waals surface area contributed by atoms with Crippen molar-refractivity contribution in [2.75, 3.05) is 46.4 Å². The normalized spacial score (nSPS) is 22.9. The van der Waals surface area contributed by atoms with Crippen molar-refractivity contribution in [3.63, 3.8) is 0 Å². The molecule has 48 heavy (non-hydrogen) atoms. The van der Waals surface area contributed by atoms with Crippen LogP contribution >= 0.6 is 24.8 Å². The van der Waals surface area contributed by atoms with E-state index in [-0.39, 0.29) is 60.9 Å². The molecule has 1 aromatic heterocycles. The maximum Gasteiger partial charge on any atom is 0.251 e. The molecule has 0 radical (unpaired) electrons. The summed E-state index contributed by atoms with van der Waals surface area (Å²) >= 11 is 0. The van der Waals surface area contributed by atoms with E-state index in [0.29, 0.717) is 37.4 Å². The van der Waals surface area contributed by atoms with Crippen LogP contribution in [0.5, 0.6) is 11.8 Å². The molecule has 1 amide bonds. The highest BCUT2D eigenvalue weighted by atomic mass is 35.5. The lowest BCUT2D eigenvalue weighted by atomic mass is 9.81. The predicted octanol–water partition coefficient (Wildman–Crippen LogP) is 5.70. The molecule has 1 aliphatic carbocycles. The molecular formula is C37H49Cl2N5O4. The van der Waals surface area contributed by atoms with Crippen molar-refractivity contribution >= 4 is 30.7 Å². The first-order valence-corrected chi connectivity index (χ1v) is 17.1. The van der Waals surface area contributed by atoms with Crippen LogP contribution in [0.3, 0.4) is 0 Å². The van der Waals surface area contributed by atoms with Gasteiger partial charge in [-0.25, -0.2) is 0 Å². The van der Waals surface area contributed by atoms with Gasteiger partial charge in [0.2, 0.25) is 11.8 Å². The van der Waals surface area contributed by atoms with Crippen LogP contribution in [0.25, 0.3) is 0 Å². The second kappa shape index (κ2) is 16.2. The number of carbonyl (C=O) groups excluding carboxylic acids is 1. The number of methoxy groups -OCH3 is 1. The second-order valence-electron chi connectivity index (χ2n) is 13.6. The molecule has 4 fully saturated rings. The Kier molecular flexibility index (Phi) is 12.2. The van der Waals surface area contributed by atoms with Crippen LogP contribution in [-0.4, -0.2) is 101 Å². The zero-order chi connectivity index (χ0) is 31.6. The molecule has 1 saturated carbocycles. The van der Waals surface area contributed by atoms with Gasteiger partial charge in [0.1, 0.15) is 11.9 Å². The third-order valence-corrected chi connectivity index (χ3v) is 9.90. The lowest BCUT2D eigenvalue weighted by molar-refractivity contribution is -0.146. The highest BCUT2D eigenvalue weighted by Gasteiger charge is 2.44. The molecule has 0 N–H and O–H groups in total. The fourth-order valence-electron chi connectivity index (χ4n) is 7.60. The van der Waals surface area contributed by atoms with E-state index < -0.39 is 0 Å². The average Bonchev–Trinajstić information content (AvgIpc) is 3.79. The number of hydrogen-bond acceptors (Lipinski definition) is 8. The number of rotatable bonds is 10. The molecule has 3 saturated heterocycles. The van der Waals surface area contributed by atoms with Gasteiger partial charge in [-0.15, -0.1) is 24.8 Å². The fraction of sp³-hybridized carbons (Fsp3) is 0.541. The third kappa shape index (κ3) is 7.92. The smallest absolute Gasteiger partial charge is 0.251 e. The van der Waals surface area contributed by atoms with Crippen molar-refractivity contribution in [3.8, 4) is 11.8 Å². The molecule has 3 aromatic rings. The monoisotopic (exact) mass is 697 g/mol. The minimum Gasteiger partial charge on any atom is -0.481 e. The molecule has 2 aromatic carbocycles. The van der Waals surface area contributed by atoms with Gasteiger partial charge in [-0.05, 0) is 50.7 Å². The Morgan fingerprint density at radius 1 is 0.896 bits per heavy atom. The Hall–Kier alpha value is -2.95. The third-order valence-electron chi connectivity index (χ3n) is 9.90. The SMILES string of the molecule is COc1nc(C2CC2)nc(OC(C)C)c1CN1CC(C(c2ccccc2)c2ccccc2)N2CCN(C(=O)[C@H]3CCCO3)C[C@H]2C1.Cl.Cl. The quantitative estimate of drug-likeness (QED) is 0.267. The van der Waals surface area contributed by atoms with Crippen molar-refractivity contribution in [1.29, 1.82) is 0 Å². The minimum atomic E-state index is -0.300. The van der Waals surface area contributed by atoms with Crippen molar-refractivity contribution in [1.82, 2.24) is 24.7 Å². The number of carbonyl (C=O) groups is 1. The molecular weight excluding hydrogens is 649 g/mol. The van der Waals surface area contributed by atoms with E-state index in [1.807, 2.05) is 13.8 Å². The molecule has 3 aliphatic heterocycles. The standard InChI is InChI=1S/C37H47N5O4.2ClH/c1-25(2)46-36-30(35(44-3)38-34(39-36)28-16-17-28)23-40-21-29-22-41(37(43)32-15-10-20-45-32)18-19-42(29)31(24-40)33(26-11-6-4-7-12-26)27-13-8-5-9-14-27;;/h4-9,11-14,25,28-29,31-33H,10,15-24H2,1-3H3;2*1H/t29-,31?,32-;;/m1../s1. The molecule has 0 bridgehead atoms. The van der Waals surface area contributed by atoms with Gasteiger partial charge in [-0.2, -0.15) is 9.97 Å². The molecule has 0 spiro atoms. The number of ether oxygens (including phenoxy) is 3. The van der Waals surface area contributed by atoms with Crippen molar-refractivity contribution in [2.45, 2.75) is 82.2 Å². The summed E-state index contributed by atoms with van der Waals surface area (Å²) in [5.74, 6) is 2.75. The summed E-state index contributed by atoms with van der Waals surface area (Å²) in [7, 11) is 1.69. The molecule has 11 heteroatoms. The summed E-state index contributed by atoms with van der Waals surface area (Å²) in [5.41, 5.74) is 3.50. The summed E-state index contributed by atoms with van der Waals surface area (Å²) in [6.07, 6.45) is 3.66. The number of halogens is 2. The number of piperazine rings is 2. The van der Waals surface area contributed by atoms with Crippen LogP contribution < -0.4 is 9.47 Å². The fourth-order valence-corrected chi connectivity index (χ4v) is 7.60. The molecule has 4 heterocycles. The largest absolute Gasteiger partial charge is 0.481 e. The van der Waals surface area contributed by atoms with Crippen molar-refractivity contribution in [2.24, 2.45) is 0 Å². The first-order valence-electron chi connectivity index (χ1n) is 17.1. The van der Waals surface area contributed by atoms with E-state index in [0.717, 1.165) is 63.3 Å². The zero-order valence-corrected chi connectivity index (χ0v) is 29.8. The number of aromatic nitrogens is 2. The summed E-state index contributed by atoms with van der Waals surface area (Å²) in [6, 6.07) is 22.1. The molecule has 4 aliphatic rings. The van der Waals surface area contributed by atoms with E-state index in [2.05, 4.69) is 75.4 Å². The van der Waals surface area contributed by atoms with Gasteiger partial charge in [0.05, 0.1) is 18.8 Å². The van der Waals surface area contributed by atoms with Gasteiger partial charge in [0.25, 0.3) is 5.91 Å². The van der Waals surface area contributed by atoms with Gasteiger partial charge in [0.15, 0.2) is 0 Å². The Labute approximate surface area is 297 Å². The zero-order valence-electron chi connectivity index (χ0n) is 28.2. The van der Waals surface area contributed by atoms with E-state index in [1.54, 1.807) is 7.11 Å². The first kappa shape index (κ1) is 36.3. The van der Waals surface area contributed by atoms with Gasteiger partial charge >= 0.3 is 0 Å². The minimum absolute atomic E-state index is 0. The van der Waals surface area contributed by atoms with Crippen LogP contribution in [0.2, 0.25) is 0 Å².